The summed E-state index contributed by atoms with van der Waals surface area (Å²) in [7, 11) is 1.55. The van der Waals surface area contributed by atoms with Gasteiger partial charge >= 0.3 is 0 Å². The Balaban J connectivity index is 2.10. The van der Waals surface area contributed by atoms with Crippen molar-refractivity contribution in [2.24, 2.45) is 0 Å². The first-order valence-electron chi connectivity index (χ1n) is 6.38. The molecule has 1 amide bonds. The van der Waals surface area contributed by atoms with E-state index in [0.29, 0.717) is 12.8 Å². The molecule has 1 aliphatic carbocycles. The van der Waals surface area contributed by atoms with Gasteiger partial charge in [0.05, 0.1) is 11.2 Å². The van der Waals surface area contributed by atoms with Crippen molar-refractivity contribution in [3.05, 3.63) is 29.6 Å². The van der Waals surface area contributed by atoms with Crippen LogP contribution in [0.2, 0.25) is 0 Å². The minimum absolute atomic E-state index is 0.0955. The van der Waals surface area contributed by atoms with E-state index in [1.54, 1.807) is 7.05 Å². The highest BCUT2D eigenvalue weighted by molar-refractivity contribution is 5.94. The number of rotatable bonds is 3. The number of carbonyl (C=O) groups excluding carboxylic acids is 1. The normalized spacial score (nSPS) is 17.4. The van der Waals surface area contributed by atoms with Crippen molar-refractivity contribution >= 4 is 5.91 Å². The smallest absolute Gasteiger partial charge is 0.256 e. The van der Waals surface area contributed by atoms with Gasteiger partial charge in [0.25, 0.3) is 5.91 Å². The third-order valence-corrected chi connectivity index (χ3v) is 3.60. The highest BCUT2D eigenvalue weighted by Gasteiger charge is 2.33. The van der Waals surface area contributed by atoms with Crippen LogP contribution in [0.5, 0.6) is 5.75 Å². The lowest BCUT2D eigenvalue weighted by Crippen LogP contribution is -2.42. The van der Waals surface area contributed by atoms with Crippen LogP contribution in [-0.4, -0.2) is 40.2 Å². The predicted octanol–water partition coefficient (Wildman–Crippen LogP) is 1.91. The Morgan fingerprint density at radius 2 is 2.05 bits per heavy atom. The standard InChI is InChI=1S/C14H18FNO3/c1-16(9-14(19)6-2-3-7-14)13(18)11-5-4-10(17)8-12(11)15/h4-5,8,17,19H,2-3,6-7,9H2,1H3. The summed E-state index contributed by atoms with van der Waals surface area (Å²) in [5.41, 5.74) is -0.945. The van der Waals surface area contributed by atoms with Crippen LogP contribution in [0.15, 0.2) is 18.2 Å². The fourth-order valence-electron chi connectivity index (χ4n) is 2.59. The topological polar surface area (TPSA) is 60.8 Å². The molecule has 0 aliphatic heterocycles. The monoisotopic (exact) mass is 267 g/mol. The van der Waals surface area contributed by atoms with Crippen molar-refractivity contribution in [2.45, 2.75) is 31.3 Å². The minimum Gasteiger partial charge on any atom is -0.508 e. The van der Waals surface area contributed by atoms with Crippen LogP contribution in [0.25, 0.3) is 0 Å². The van der Waals surface area contributed by atoms with Crippen LogP contribution in [0.4, 0.5) is 4.39 Å². The van der Waals surface area contributed by atoms with E-state index in [2.05, 4.69) is 0 Å². The Bertz CT molecular complexity index is 484. The Kier molecular flexibility index (Phi) is 3.75. The average molecular weight is 267 g/mol. The number of amides is 1. The van der Waals surface area contributed by atoms with E-state index in [1.807, 2.05) is 0 Å². The van der Waals surface area contributed by atoms with E-state index in [1.165, 1.54) is 17.0 Å². The molecule has 0 atom stereocenters. The van der Waals surface area contributed by atoms with Crippen molar-refractivity contribution in [3.63, 3.8) is 0 Å². The number of benzene rings is 1. The van der Waals surface area contributed by atoms with Gasteiger partial charge in [-0.3, -0.25) is 4.79 Å². The molecule has 0 saturated heterocycles. The van der Waals surface area contributed by atoms with Crippen LogP contribution >= 0.6 is 0 Å². The highest BCUT2D eigenvalue weighted by atomic mass is 19.1. The molecule has 2 rings (SSSR count). The van der Waals surface area contributed by atoms with Crippen LogP contribution in [-0.2, 0) is 0 Å². The van der Waals surface area contributed by atoms with Gasteiger partial charge < -0.3 is 15.1 Å². The van der Waals surface area contributed by atoms with Gasteiger partial charge in [0, 0.05) is 19.7 Å². The zero-order valence-corrected chi connectivity index (χ0v) is 10.9. The number of hydrogen-bond donors (Lipinski definition) is 2. The van der Waals surface area contributed by atoms with E-state index >= 15 is 0 Å². The first-order chi connectivity index (χ1) is 8.91. The van der Waals surface area contributed by atoms with Gasteiger partial charge in [0.15, 0.2) is 0 Å². The van der Waals surface area contributed by atoms with Gasteiger partial charge in [-0.25, -0.2) is 4.39 Å². The second-order valence-corrected chi connectivity index (χ2v) is 5.26. The number of carbonyl (C=O) groups is 1. The van der Waals surface area contributed by atoms with Gasteiger partial charge in [0.1, 0.15) is 11.6 Å². The molecule has 0 bridgehead atoms. The number of halogens is 1. The second kappa shape index (κ2) is 5.17. The molecule has 0 spiro atoms. The fourth-order valence-corrected chi connectivity index (χ4v) is 2.59. The first kappa shape index (κ1) is 13.8. The van der Waals surface area contributed by atoms with Gasteiger partial charge in [0.2, 0.25) is 0 Å². The zero-order chi connectivity index (χ0) is 14.0. The lowest BCUT2D eigenvalue weighted by Gasteiger charge is -2.28. The number of nitrogens with zero attached hydrogens (tertiary/aromatic N) is 1. The first-order valence-corrected chi connectivity index (χ1v) is 6.38. The van der Waals surface area contributed by atoms with E-state index < -0.39 is 17.3 Å². The Hall–Kier alpha value is -1.62. The molecule has 0 aromatic heterocycles. The Labute approximate surface area is 111 Å². The number of likely N-dealkylation sites (N-methyl/N-ethyl adjacent to an activating group) is 1. The maximum atomic E-state index is 13.6. The molecule has 1 aliphatic rings. The van der Waals surface area contributed by atoms with Gasteiger partial charge in [-0.15, -0.1) is 0 Å². The molecular formula is C14H18FNO3. The van der Waals surface area contributed by atoms with Crippen molar-refractivity contribution in [3.8, 4) is 5.75 Å². The summed E-state index contributed by atoms with van der Waals surface area (Å²) in [6.07, 6.45) is 3.24. The van der Waals surface area contributed by atoms with Gasteiger partial charge in [-0.1, -0.05) is 12.8 Å². The van der Waals surface area contributed by atoms with Crippen molar-refractivity contribution in [1.82, 2.24) is 4.90 Å². The van der Waals surface area contributed by atoms with E-state index in [4.69, 9.17) is 5.11 Å². The Morgan fingerprint density at radius 1 is 1.42 bits per heavy atom. The molecule has 0 unspecified atom stereocenters. The van der Waals surface area contributed by atoms with E-state index in [9.17, 15) is 14.3 Å². The summed E-state index contributed by atoms with van der Waals surface area (Å²) >= 11 is 0. The molecular weight excluding hydrogens is 249 g/mol. The van der Waals surface area contributed by atoms with Crippen LogP contribution in [0.1, 0.15) is 36.0 Å². The molecule has 1 fully saturated rings. The maximum absolute atomic E-state index is 13.6. The largest absolute Gasteiger partial charge is 0.508 e. The lowest BCUT2D eigenvalue weighted by molar-refractivity contribution is 0.0155. The molecule has 1 aromatic carbocycles. The molecule has 5 heteroatoms. The molecule has 1 saturated carbocycles. The summed E-state index contributed by atoms with van der Waals surface area (Å²) in [6.45, 7) is 0.201. The van der Waals surface area contributed by atoms with Crippen molar-refractivity contribution in [1.29, 1.82) is 0 Å². The molecule has 4 nitrogen and oxygen atoms in total. The van der Waals surface area contributed by atoms with E-state index in [-0.39, 0.29) is 17.9 Å². The van der Waals surface area contributed by atoms with Gasteiger partial charge in [-0.05, 0) is 25.0 Å². The van der Waals surface area contributed by atoms with Crippen molar-refractivity contribution in [2.75, 3.05) is 13.6 Å². The second-order valence-electron chi connectivity index (χ2n) is 5.26. The SMILES string of the molecule is CN(CC1(O)CCCC1)C(=O)c1ccc(O)cc1F. The van der Waals surface area contributed by atoms with Gasteiger partial charge in [-0.2, -0.15) is 0 Å². The zero-order valence-electron chi connectivity index (χ0n) is 10.9. The third kappa shape index (κ3) is 3.04. The van der Waals surface area contributed by atoms with Crippen LogP contribution in [0, 0.1) is 5.82 Å². The average Bonchev–Trinajstić information content (AvgIpc) is 2.75. The summed E-state index contributed by atoms with van der Waals surface area (Å²) in [6, 6.07) is 3.43. The molecule has 2 N–H and O–H groups in total. The van der Waals surface area contributed by atoms with Crippen LogP contribution < -0.4 is 0 Å². The molecule has 19 heavy (non-hydrogen) atoms. The minimum atomic E-state index is -0.849. The number of phenols is 1. The number of aromatic hydroxyl groups is 1. The quantitative estimate of drug-likeness (QED) is 0.879. The lowest BCUT2D eigenvalue weighted by atomic mass is 10.0. The van der Waals surface area contributed by atoms with Crippen molar-refractivity contribution < 1.29 is 19.4 Å². The number of aliphatic hydroxyl groups is 1. The predicted molar refractivity (Wildman–Crippen MR) is 68.4 cm³/mol. The summed E-state index contributed by atoms with van der Waals surface area (Å²) < 4.78 is 13.6. The fraction of sp³-hybridized carbons (Fsp3) is 0.500. The maximum Gasteiger partial charge on any atom is 0.256 e. The molecule has 104 valence electrons. The number of hydrogen-bond acceptors (Lipinski definition) is 3. The van der Waals surface area contributed by atoms with Crippen LogP contribution in [0.3, 0.4) is 0 Å². The summed E-state index contributed by atoms with van der Waals surface area (Å²) in [5, 5.41) is 19.4. The van der Waals surface area contributed by atoms with E-state index in [0.717, 1.165) is 18.9 Å². The molecule has 0 heterocycles. The highest BCUT2D eigenvalue weighted by Crippen LogP contribution is 2.30. The molecule has 0 radical (unpaired) electrons. The number of phenolic OH excluding ortho intramolecular Hbond substituents is 1. The summed E-state index contributed by atoms with van der Waals surface area (Å²) in [4.78, 5) is 13.4. The molecule has 1 aromatic rings. The Morgan fingerprint density at radius 3 is 2.63 bits per heavy atom. The third-order valence-electron chi connectivity index (χ3n) is 3.60. The summed E-state index contributed by atoms with van der Waals surface area (Å²) in [5.74, 6) is -1.46.